The van der Waals surface area contributed by atoms with Gasteiger partial charge in [-0.15, -0.1) is 0 Å². The van der Waals surface area contributed by atoms with Gasteiger partial charge in [0.05, 0.1) is 50.0 Å². The lowest BCUT2D eigenvalue weighted by molar-refractivity contribution is -0.119. The van der Waals surface area contributed by atoms with Gasteiger partial charge in [-0.3, -0.25) is 4.79 Å². The highest BCUT2D eigenvalue weighted by molar-refractivity contribution is 7.89. The summed E-state index contributed by atoms with van der Waals surface area (Å²) in [6.07, 6.45) is 0. The van der Waals surface area contributed by atoms with Crippen molar-refractivity contribution >= 4 is 73.3 Å². The molecule has 13 heteroatoms. The Morgan fingerprint density at radius 2 is 1.74 bits per heavy atom. The molecule has 1 aliphatic rings. The van der Waals surface area contributed by atoms with Crippen LogP contribution in [0.5, 0.6) is 0 Å². The van der Waals surface area contributed by atoms with Gasteiger partial charge >= 0.3 is 5.97 Å². The number of anilines is 1. The number of nitrogens with zero attached hydrogens (tertiary/aromatic N) is 2. The standard InChI is InChI=1S/C29H24Cl3N3O6S/c1-17-6-7-18(42(38,39)35-10-12-40-13-11-35)14-24(17)34-26(36)16-41-29(37)21-15-25(33-23-5-3-2-4-19(21)23)20-8-9-22(30)28(32)27(20)31/h2-9,14-15H,10-13,16H2,1H3,(H,34,36). The Morgan fingerprint density at radius 3 is 2.50 bits per heavy atom. The first-order chi connectivity index (χ1) is 20.1. The zero-order valence-corrected chi connectivity index (χ0v) is 25.3. The maximum absolute atomic E-state index is 13.2. The Bertz CT molecular complexity index is 1810. The molecule has 0 spiro atoms. The van der Waals surface area contributed by atoms with Gasteiger partial charge in [-0.2, -0.15) is 4.31 Å². The molecule has 3 aromatic carbocycles. The molecule has 4 aromatic rings. The number of esters is 1. The van der Waals surface area contributed by atoms with Crippen LogP contribution >= 0.6 is 34.8 Å². The molecule has 1 amide bonds. The molecular weight excluding hydrogens is 625 g/mol. The van der Waals surface area contributed by atoms with Gasteiger partial charge in [-0.05, 0) is 48.9 Å². The van der Waals surface area contributed by atoms with Crippen molar-refractivity contribution in [3.8, 4) is 11.3 Å². The van der Waals surface area contributed by atoms with E-state index in [-0.39, 0.29) is 44.3 Å². The number of ether oxygens (including phenoxy) is 2. The van der Waals surface area contributed by atoms with Crippen molar-refractivity contribution in [2.24, 2.45) is 0 Å². The largest absolute Gasteiger partial charge is 0.452 e. The Kier molecular flexibility index (Phi) is 9.03. The summed E-state index contributed by atoms with van der Waals surface area (Å²) in [5, 5.41) is 3.77. The lowest BCUT2D eigenvalue weighted by Crippen LogP contribution is -2.40. The van der Waals surface area contributed by atoms with Crippen LogP contribution in [0.2, 0.25) is 15.1 Å². The van der Waals surface area contributed by atoms with Gasteiger partial charge in [0.2, 0.25) is 10.0 Å². The summed E-state index contributed by atoms with van der Waals surface area (Å²) in [6.45, 7) is 2.24. The summed E-state index contributed by atoms with van der Waals surface area (Å²) >= 11 is 18.7. The first-order valence-electron chi connectivity index (χ1n) is 12.8. The Balaban J connectivity index is 1.35. The van der Waals surface area contributed by atoms with E-state index >= 15 is 0 Å². The van der Waals surface area contributed by atoms with Crippen molar-refractivity contribution in [2.45, 2.75) is 11.8 Å². The number of benzene rings is 3. The van der Waals surface area contributed by atoms with Crippen molar-refractivity contribution in [3.05, 3.63) is 86.9 Å². The number of halogens is 3. The van der Waals surface area contributed by atoms with Gasteiger partial charge in [-0.25, -0.2) is 18.2 Å². The van der Waals surface area contributed by atoms with E-state index in [2.05, 4.69) is 10.3 Å². The smallest absolute Gasteiger partial charge is 0.339 e. The van der Waals surface area contributed by atoms with Gasteiger partial charge in [0, 0.05) is 29.7 Å². The molecule has 9 nitrogen and oxygen atoms in total. The minimum absolute atomic E-state index is 0.0408. The van der Waals surface area contributed by atoms with Crippen molar-refractivity contribution in [1.82, 2.24) is 9.29 Å². The third kappa shape index (κ3) is 6.24. The first-order valence-corrected chi connectivity index (χ1v) is 15.3. The normalized spacial score (nSPS) is 14.1. The van der Waals surface area contributed by atoms with E-state index in [0.717, 1.165) is 0 Å². The van der Waals surface area contributed by atoms with E-state index in [1.54, 1.807) is 49.4 Å². The van der Waals surface area contributed by atoms with Gasteiger partial charge in [-0.1, -0.05) is 59.1 Å². The number of amides is 1. The SMILES string of the molecule is Cc1ccc(S(=O)(=O)N2CCOCC2)cc1NC(=O)COC(=O)c1cc(-c2ccc(Cl)c(Cl)c2Cl)nc2ccccc12. The topological polar surface area (TPSA) is 115 Å². The molecule has 0 bridgehead atoms. The number of aryl methyl sites for hydroxylation is 1. The number of hydrogen-bond acceptors (Lipinski definition) is 7. The third-order valence-electron chi connectivity index (χ3n) is 6.67. The van der Waals surface area contributed by atoms with Gasteiger partial charge in [0.15, 0.2) is 6.61 Å². The molecule has 0 aliphatic carbocycles. The Hall–Kier alpha value is -3.25. The molecule has 1 N–H and O–H groups in total. The van der Waals surface area contributed by atoms with Crippen LogP contribution in [0.25, 0.3) is 22.2 Å². The number of rotatable bonds is 7. The predicted octanol–water partition coefficient (Wildman–Crippen LogP) is 5.99. The van der Waals surface area contributed by atoms with Crippen LogP contribution in [0, 0.1) is 6.92 Å². The number of pyridine rings is 1. The molecular formula is C29H24Cl3N3O6S. The summed E-state index contributed by atoms with van der Waals surface area (Å²) in [5.41, 5.74) is 2.42. The summed E-state index contributed by atoms with van der Waals surface area (Å²) in [5.74, 6) is -1.40. The number of sulfonamides is 1. The van der Waals surface area contributed by atoms with Crippen LogP contribution in [0.1, 0.15) is 15.9 Å². The molecule has 1 saturated heterocycles. The maximum atomic E-state index is 13.2. The van der Waals surface area contributed by atoms with Crippen LogP contribution in [0.4, 0.5) is 5.69 Å². The maximum Gasteiger partial charge on any atom is 0.339 e. The lowest BCUT2D eigenvalue weighted by Gasteiger charge is -2.26. The number of hydrogen-bond donors (Lipinski definition) is 1. The summed E-state index contributed by atoms with van der Waals surface area (Å²) in [4.78, 5) is 30.7. The van der Waals surface area contributed by atoms with E-state index in [1.165, 1.54) is 22.5 Å². The highest BCUT2D eigenvalue weighted by atomic mass is 35.5. The number of aromatic nitrogens is 1. The second-order valence-corrected chi connectivity index (χ2v) is 12.5. The molecule has 5 rings (SSSR count). The summed E-state index contributed by atoms with van der Waals surface area (Å²) in [6, 6.07) is 16.2. The van der Waals surface area contributed by atoms with Gasteiger partial charge in [0.1, 0.15) is 0 Å². The molecule has 1 fully saturated rings. The zero-order valence-electron chi connectivity index (χ0n) is 22.2. The number of morpholine rings is 1. The van der Waals surface area contributed by atoms with E-state index in [1.807, 2.05) is 0 Å². The quantitative estimate of drug-likeness (QED) is 0.194. The minimum Gasteiger partial charge on any atom is -0.452 e. The van der Waals surface area contributed by atoms with Crippen LogP contribution in [0.15, 0.2) is 65.6 Å². The molecule has 1 aromatic heterocycles. The van der Waals surface area contributed by atoms with E-state index in [9.17, 15) is 18.0 Å². The van der Waals surface area contributed by atoms with Crippen LogP contribution in [-0.2, 0) is 24.3 Å². The highest BCUT2D eigenvalue weighted by Crippen LogP contribution is 2.38. The summed E-state index contributed by atoms with van der Waals surface area (Å²) in [7, 11) is -3.77. The van der Waals surface area contributed by atoms with Gasteiger partial charge < -0.3 is 14.8 Å². The predicted molar refractivity (Wildman–Crippen MR) is 162 cm³/mol. The average Bonchev–Trinajstić information content (AvgIpc) is 2.99. The molecule has 0 atom stereocenters. The van der Waals surface area contributed by atoms with E-state index in [0.29, 0.717) is 40.9 Å². The third-order valence-corrected chi connectivity index (χ3v) is 9.86. The average molecular weight is 649 g/mol. The van der Waals surface area contributed by atoms with E-state index in [4.69, 9.17) is 44.3 Å². The highest BCUT2D eigenvalue weighted by Gasteiger charge is 2.27. The Labute approximate surface area is 257 Å². The molecule has 0 unspecified atom stereocenters. The molecule has 218 valence electrons. The zero-order chi connectivity index (χ0) is 30.0. The fraction of sp³-hybridized carbons (Fsp3) is 0.207. The lowest BCUT2D eigenvalue weighted by atomic mass is 10.0. The monoisotopic (exact) mass is 647 g/mol. The minimum atomic E-state index is -3.77. The van der Waals surface area contributed by atoms with Crippen molar-refractivity contribution < 1.29 is 27.5 Å². The van der Waals surface area contributed by atoms with Gasteiger partial charge in [0.25, 0.3) is 5.91 Å². The van der Waals surface area contributed by atoms with Crippen molar-refractivity contribution in [2.75, 3.05) is 38.2 Å². The molecule has 0 radical (unpaired) electrons. The van der Waals surface area contributed by atoms with Crippen molar-refractivity contribution in [3.63, 3.8) is 0 Å². The van der Waals surface area contributed by atoms with Crippen LogP contribution < -0.4 is 5.32 Å². The molecule has 1 aliphatic heterocycles. The molecule has 0 saturated carbocycles. The second kappa shape index (κ2) is 12.5. The fourth-order valence-electron chi connectivity index (χ4n) is 4.43. The Morgan fingerprint density at radius 1 is 1.00 bits per heavy atom. The number of nitrogens with one attached hydrogen (secondary N) is 1. The van der Waals surface area contributed by atoms with Crippen LogP contribution in [0.3, 0.4) is 0 Å². The number of carbonyl (C=O) groups excluding carboxylic acids is 2. The number of carbonyl (C=O) groups is 2. The van der Waals surface area contributed by atoms with Crippen LogP contribution in [-0.4, -0.2) is 62.5 Å². The number of para-hydroxylation sites is 1. The van der Waals surface area contributed by atoms with Crippen molar-refractivity contribution in [1.29, 1.82) is 0 Å². The second-order valence-electron chi connectivity index (χ2n) is 9.41. The summed E-state index contributed by atoms with van der Waals surface area (Å²) < 4.78 is 38.1. The number of fused-ring (bicyclic) bond motifs is 1. The molecule has 2 heterocycles. The fourth-order valence-corrected chi connectivity index (χ4v) is 6.50. The molecule has 42 heavy (non-hydrogen) atoms. The van der Waals surface area contributed by atoms with E-state index < -0.39 is 28.5 Å². The first kappa shape index (κ1) is 30.2.